The summed E-state index contributed by atoms with van der Waals surface area (Å²) in [6, 6.07) is 16.6. The van der Waals surface area contributed by atoms with Gasteiger partial charge in [-0.25, -0.2) is 4.39 Å². The number of nitrogens with one attached hydrogen (secondary N) is 1. The number of hydrogen-bond donors (Lipinski definition) is 1. The lowest BCUT2D eigenvalue weighted by atomic mass is 10.0. The summed E-state index contributed by atoms with van der Waals surface area (Å²) >= 11 is 0. The summed E-state index contributed by atoms with van der Waals surface area (Å²) in [5, 5.41) is 2.84. The van der Waals surface area contributed by atoms with E-state index >= 15 is 0 Å². The van der Waals surface area contributed by atoms with Gasteiger partial charge in [0.05, 0.1) is 13.4 Å². The van der Waals surface area contributed by atoms with Gasteiger partial charge in [-0.15, -0.1) is 0 Å². The minimum atomic E-state index is -0.713. The largest absolute Gasteiger partial charge is 0.496 e. The number of benzene rings is 2. The van der Waals surface area contributed by atoms with Gasteiger partial charge in [-0.1, -0.05) is 30.3 Å². The summed E-state index contributed by atoms with van der Waals surface area (Å²) < 4.78 is 24.3. The number of carbonyl (C=O) groups excluding carboxylic acids is 2. The summed E-state index contributed by atoms with van der Waals surface area (Å²) in [5.41, 5.74) is 1.73. The molecule has 2 heterocycles. The van der Waals surface area contributed by atoms with Gasteiger partial charge in [0.15, 0.2) is 5.76 Å². The molecule has 1 aliphatic rings. The average Bonchev–Trinajstić information content (AvgIpc) is 3.40. The van der Waals surface area contributed by atoms with Crippen LogP contribution < -0.4 is 10.1 Å². The summed E-state index contributed by atoms with van der Waals surface area (Å²) in [6.07, 6.45) is 1.81. The second-order valence-electron chi connectivity index (χ2n) is 8.25. The van der Waals surface area contributed by atoms with E-state index in [1.54, 1.807) is 30.2 Å². The van der Waals surface area contributed by atoms with E-state index in [0.717, 1.165) is 11.1 Å². The third-order valence-corrected chi connectivity index (χ3v) is 5.95. The molecule has 1 atom stereocenters. The molecule has 8 heteroatoms. The molecule has 0 aliphatic carbocycles. The molecular weight excluding hydrogens is 437 g/mol. The molecule has 0 spiro atoms. The van der Waals surface area contributed by atoms with Crippen molar-refractivity contribution in [1.29, 1.82) is 0 Å². The Bertz CT molecular complexity index is 1100. The molecule has 1 aliphatic heterocycles. The molecule has 0 unspecified atom stereocenters. The topological polar surface area (TPSA) is 75.0 Å². The van der Waals surface area contributed by atoms with Crippen LogP contribution in [0.2, 0.25) is 0 Å². The summed E-state index contributed by atoms with van der Waals surface area (Å²) in [6.45, 7) is 2.83. The molecule has 0 bridgehead atoms. The smallest absolute Gasteiger partial charge is 0.287 e. The lowest BCUT2D eigenvalue weighted by Gasteiger charge is -2.36. The molecule has 1 fully saturated rings. The van der Waals surface area contributed by atoms with Gasteiger partial charge in [0.1, 0.15) is 17.6 Å². The fourth-order valence-electron chi connectivity index (χ4n) is 4.15. The van der Waals surface area contributed by atoms with Crippen LogP contribution in [-0.2, 0) is 17.8 Å². The molecule has 2 aromatic carbocycles. The van der Waals surface area contributed by atoms with Crippen LogP contribution in [0.5, 0.6) is 5.75 Å². The van der Waals surface area contributed by atoms with Crippen LogP contribution in [0.1, 0.15) is 21.7 Å². The number of rotatable bonds is 8. The van der Waals surface area contributed by atoms with Gasteiger partial charge in [-0.3, -0.25) is 14.5 Å². The lowest BCUT2D eigenvalue weighted by Crippen LogP contribution is -2.55. The van der Waals surface area contributed by atoms with Crippen LogP contribution in [0.3, 0.4) is 0 Å². The average molecular weight is 466 g/mol. The van der Waals surface area contributed by atoms with Crippen LogP contribution in [-0.4, -0.2) is 60.9 Å². The zero-order valence-corrected chi connectivity index (χ0v) is 19.1. The summed E-state index contributed by atoms with van der Waals surface area (Å²) in [5.74, 6) is -0.0493. The standard InChI is InChI=1S/C26H28FN3O4/c1-33-23-10-9-21(27)17-20(23)18-29-11-13-30(14-12-29)26(32)22(16-19-6-3-2-4-7-19)28-25(31)24-8-5-15-34-24/h2-10,15,17,22H,11-14,16,18H2,1H3,(H,28,31)/t22-/m0/s1. The third kappa shape index (κ3) is 5.82. The molecule has 3 aromatic rings. The molecule has 0 radical (unpaired) electrons. The maximum absolute atomic E-state index is 13.7. The van der Waals surface area contributed by atoms with Crippen molar-refractivity contribution in [3.63, 3.8) is 0 Å². The van der Waals surface area contributed by atoms with Gasteiger partial charge in [0, 0.05) is 44.7 Å². The number of methoxy groups -OCH3 is 1. The van der Waals surface area contributed by atoms with Crippen LogP contribution in [0.4, 0.5) is 4.39 Å². The van der Waals surface area contributed by atoms with Crippen LogP contribution in [0.25, 0.3) is 0 Å². The normalized spacial score (nSPS) is 15.1. The number of carbonyl (C=O) groups is 2. The third-order valence-electron chi connectivity index (χ3n) is 5.95. The monoisotopic (exact) mass is 465 g/mol. The fraction of sp³-hybridized carbons (Fsp3) is 0.308. The van der Waals surface area contributed by atoms with Crippen molar-refractivity contribution >= 4 is 11.8 Å². The van der Waals surface area contributed by atoms with E-state index in [1.165, 1.54) is 18.4 Å². The zero-order valence-electron chi connectivity index (χ0n) is 19.1. The maximum atomic E-state index is 13.7. The Morgan fingerprint density at radius 3 is 2.50 bits per heavy atom. The van der Waals surface area contributed by atoms with E-state index in [-0.39, 0.29) is 17.5 Å². The van der Waals surface area contributed by atoms with Crippen molar-refractivity contribution < 1.29 is 23.1 Å². The van der Waals surface area contributed by atoms with Crippen molar-refractivity contribution in [3.05, 3.63) is 89.6 Å². The maximum Gasteiger partial charge on any atom is 0.287 e. The zero-order chi connectivity index (χ0) is 23.9. The van der Waals surface area contributed by atoms with Gasteiger partial charge >= 0.3 is 0 Å². The van der Waals surface area contributed by atoms with Crippen molar-refractivity contribution in [3.8, 4) is 5.75 Å². The molecule has 1 N–H and O–H groups in total. The molecule has 0 saturated carbocycles. The highest BCUT2D eigenvalue weighted by atomic mass is 19.1. The number of furan rings is 1. The molecule has 1 saturated heterocycles. The Balaban J connectivity index is 1.40. The number of ether oxygens (including phenoxy) is 1. The minimum absolute atomic E-state index is 0.133. The van der Waals surface area contributed by atoms with E-state index in [4.69, 9.17) is 9.15 Å². The Kier molecular flexibility index (Phi) is 7.59. The van der Waals surface area contributed by atoms with E-state index in [0.29, 0.717) is 44.9 Å². The van der Waals surface area contributed by atoms with Gasteiger partial charge in [-0.2, -0.15) is 0 Å². The number of halogens is 1. The lowest BCUT2D eigenvalue weighted by molar-refractivity contribution is -0.135. The van der Waals surface area contributed by atoms with Crippen molar-refractivity contribution in [2.45, 2.75) is 19.0 Å². The quantitative estimate of drug-likeness (QED) is 0.553. The molecule has 7 nitrogen and oxygen atoms in total. The Morgan fingerprint density at radius 1 is 1.06 bits per heavy atom. The first-order valence-corrected chi connectivity index (χ1v) is 11.3. The predicted octanol–water partition coefficient (Wildman–Crippen LogP) is 3.11. The van der Waals surface area contributed by atoms with Gasteiger partial charge in [-0.05, 0) is 35.9 Å². The van der Waals surface area contributed by atoms with Crippen molar-refractivity contribution in [2.75, 3.05) is 33.3 Å². The van der Waals surface area contributed by atoms with Gasteiger partial charge in [0.25, 0.3) is 5.91 Å². The Morgan fingerprint density at radius 2 is 1.82 bits per heavy atom. The highest BCUT2D eigenvalue weighted by molar-refractivity contribution is 5.95. The first-order valence-electron chi connectivity index (χ1n) is 11.3. The second-order valence-corrected chi connectivity index (χ2v) is 8.25. The van der Waals surface area contributed by atoms with Gasteiger partial charge < -0.3 is 19.4 Å². The van der Waals surface area contributed by atoms with Crippen LogP contribution >= 0.6 is 0 Å². The number of piperazine rings is 1. The summed E-state index contributed by atoms with van der Waals surface area (Å²) in [7, 11) is 1.57. The highest BCUT2D eigenvalue weighted by Gasteiger charge is 2.30. The van der Waals surface area contributed by atoms with Crippen molar-refractivity contribution in [1.82, 2.24) is 15.1 Å². The number of nitrogens with zero attached hydrogens (tertiary/aromatic N) is 2. The van der Waals surface area contributed by atoms with E-state index in [9.17, 15) is 14.0 Å². The van der Waals surface area contributed by atoms with E-state index in [1.807, 2.05) is 30.3 Å². The first kappa shape index (κ1) is 23.5. The second kappa shape index (κ2) is 11.0. The number of amides is 2. The molecule has 1 aromatic heterocycles. The number of hydrogen-bond acceptors (Lipinski definition) is 5. The molecule has 2 amide bonds. The molecule has 4 rings (SSSR count). The fourth-order valence-corrected chi connectivity index (χ4v) is 4.15. The first-order chi connectivity index (χ1) is 16.5. The van der Waals surface area contributed by atoms with Crippen LogP contribution in [0.15, 0.2) is 71.3 Å². The van der Waals surface area contributed by atoms with E-state index < -0.39 is 11.9 Å². The Labute approximate surface area is 198 Å². The SMILES string of the molecule is COc1ccc(F)cc1CN1CCN(C(=O)[C@H](Cc2ccccc2)NC(=O)c2ccco2)CC1. The van der Waals surface area contributed by atoms with Gasteiger partial charge in [0.2, 0.25) is 5.91 Å². The van der Waals surface area contributed by atoms with Crippen LogP contribution in [0, 0.1) is 5.82 Å². The highest BCUT2D eigenvalue weighted by Crippen LogP contribution is 2.22. The Hall–Kier alpha value is -3.65. The molecular formula is C26H28FN3O4. The van der Waals surface area contributed by atoms with Crippen molar-refractivity contribution in [2.24, 2.45) is 0 Å². The predicted molar refractivity (Wildman–Crippen MR) is 125 cm³/mol. The molecule has 178 valence electrons. The summed E-state index contributed by atoms with van der Waals surface area (Å²) in [4.78, 5) is 30.0. The molecule has 34 heavy (non-hydrogen) atoms. The minimum Gasteiger partial charge on any atom is -0.496 e. The van der Waals surface area contributed by atoms with E-state index in [2.05, 4.69) is 10.2 Å².